The van der Waals surface area contributed by atoms with Gasteiger partial charge >= 0.3 is 0 Å². The maximum Gasteiger partial charge on any atom is 0.123 e. The summed E-state index contributed by atoms with van der Waals surface area (Å²) in [5.74, 6) is -0.164. The molecule has 1 atom stereocenters. The van der Waals surface area contributed by atoms with Crippen molar-refractivity contribution in [2.24, 2.45) is 0 Å². The van der Waals surface area contributed by atoms with Crippen LogP contribution in [0.4, 0.5) is 4.39 Å². The summed E-state index contributed by atoms with van der Waals surface area (Å²) in [4.78, 5) is 0. The molecule has 1 aliphatic heterocycles. The molecule has 0 fully saturated rings. The van der Waals surface area contributed by atoms with E-state index in [2.05, 4.69) is 5.32 Å². The van der Waals surface area contributed by atoms with Gasteiger partial charge in [0.2, 0.25) is 0 Å². The third-order valence-corrected chi connectivity index (χ3v) is 2.87. The summed E-state index contributed by atoms with van der Waals surface area (Å²) in [6, 6.07) is 6.75. The average molecular weight is 235 g/mol. The molecule has 1 aromatic rings. The zero-order valence-electron chi connectivity index (χ0n) is 9.86. The predicted molar refractivity (Wildman–Crippen MR) is 66.2 cm³/mol. The quantitative estimate of drug-likeness (QED) is 0.792. The molecular formula is C14H18FNO. The first-order chi connectivity index (χ1) is 8.34. The van der Waals surface area contributed by atoms with Crippen LogP contribution in [0.3, 0.4) is 0 Å². The molecule has 0 spiro atoms. The molecule has 17 heavy (non-hydrogen) atoms. The van der Waals surface area contributed by atoms with Gasteiger partial charge in [-0.05, 0) is 49.6 Å². The summed E-state index contributed by atoms with van der Waals surface area (Å²) in [6.45, 7) is 1.71. The van der Waals surface area contributed by atoms with Crippen molar-refractivity contribution < 1.29 is 9.13 Å². The van der Waals surface area contributed by atoms with Crippen LogP contribution in [0.15, 0.2) is 36.6 Å². The highest BCUT2D eigenvalue weighted by atomic mass is 19.1. The van der Waals surface area contributed by atoms with Gasteiger partial charge in [0, 0.05) is 6.54 Å². The highest BCUT2D eigenvalue weighted by molar-refractivity contribution is 5.16. The number of rotatable bonds is 5. The van der Waals surface area contributed by atoms with E-state index in [1.54, 1.807) is 18.4 Å². The zero-order valence-corrected chi connectivity index (χ0v) is 9.86. The predicted octanol–water partition coefficient (Wildman–Crippen LogP) is 2.65. The van der Waals surface area contributed by atoms with Gasteiger partial charge < -0.3 is 10.1 Å². The van der Waals surface area contributed by atoms with Gasteiger partial charge in [0.1, 0.15) is 11.9 Å². The molecule has 0 radical (unpaired) electrons. The molecule has 3 heteroatoms. The van der Waals surface area contributed by atoms with E-state index in [-0.39, 0.29) is 11.9 Å². The van der Waals surface area contributed by atoms with Crippen LogP contribution in [0.2, 0.25) is 0 Å². The van der Waals surface area contributed by atoms with E-state index in [9.17, 15) is 4.39 Å². The van der Waals surface area contributed by atoms with Gasteiger partial charge in [-0.1, -0.05) is 12.1 Å². The number of allylic oxidation sites excluding steroid dienone is 1. The topological polar surface area (TPSA) is 21.3 Å². The lowest BCUT2D eigenvalue weighted by atomic mass is 10.1. The van der Waals surface area contributed by atoms with E-state index in [1.165, 1.54) is 6.07 Å². The molecule has 0 saturated carbocycles. The Kier molecular flexibility index (Phi) is 4.56. The van der Waals surface area contributed by atoms with Crippen molar-refractivity contribution in [3.63, 3.8) is 0 Å². The van der Waals surface area contributed by atoms with Crippen LogP contribution in [-0.2, 0) is 11.2 Å². The lowest BCUT2D eigenvalue weighted by Crippen LogP contribution is -2.30. The Labute approximate surface area is 101 Å². The Morgan fingerprint density at radius 3 is 3.12 bits per heavy atom. The number of nitrogens with one attached hydrogen (secondary N) is 1. The number of hydrogen-bond donors (Lipinski definition) is 1. The van der Waals surface area contributed by atoms with Crippen molar-refractivity contribution in [3.05, 3.63) is 48.0 Å². The summed E-state index contributed by atoms with van der Waals surface area (Å²) in [5, 5.41) is 3.34. The van der Waals surface area contributed by atoms with Gasteiger partial charge in [-0.25, -0.2) is 4.39 Å². The van der Waals surface area contributed by atoms with Crippen molar-refractivity contribution in [1.82, 2.24) is 5.32 Å². The first-order valence-corrected chi connectivity index (χ1v) is 6.10. The minimum absolute atomic E-state index is 0.164. The van der Waals surface area contributed by atoms with E-state index >= 15 is 0 Å². The maximum absolute atomic E-state index is 12.9. The Hall–Kier alpha value is -1.35. The van der Waals surface area contributed by atoms with Crippen LogP contribution >= 0.6 is 0 Å². The van der Waals surface area contributed by atoms with Crippen LogP contribution in [0.1, 0.15) is 18.4 Å². The highest BCUT2D eigenvalue weighted by Crippen LogP contribution is 2.09. The van der Waals surface area contributed by atoms with E-state index in [1.807, 2.05) is 12.1 Å². The molecule has 2 rings (SSSR count). The van der Waals surface area contributed by atoms with Crippen molar-refractivity contribution >= 4 is 0 Å². The molecule has 0 bridgehead atoms. The smallest absolute Gasteiger partial charge is 0.123 e. The first-order valence-electron chi connectivity index (χ1n) is 6.10. The van der Waals surface area contributed by atoms with E-state index < -0.39 is 0 Å². The molecule has 0 amide bonds. The molecule has 1 heterocycles. The van der Waals surface area contributed by atoms with Gasteiger partial charge in [-0.2, -0.15) is 0 Å². The summed E-state index contributed by atoms with van der Waals surface area (Å²) >= 11 is 0. The fourth-order valence-electron chi connectivity index (χ4n) is 1.92. The van der Waals surface area contributed by atoms with Gasteiger partial charge in [-0.15, -0.1) is 0 Å². The Morgan fingerprint density at radius 1 is 1.41 bits per heavy atom. The highest BCUT2D eigenvalue weighted by Gasteiger charge is 2.09. The van der Waals surface area contributed by atoms with Gasteiger partial charge in [0.05, 0.1) is 6.26 Å². The normalized spacial score (nSPS) is 19.0. The van der Waals surface area contributed by atoms with Gasteiger partial charge in [0.15, 0.2) is 0 Å². The van der Waals surface area contributed by atoms with Crippen LogP contribution in [0, 0.1) is 5.82 Å². The summed E-state index contributed by atoms with van der Waals surface area (Å²) in [6.07, 6.45) is 7.12. The average Bonchev–Trinajstić information content (AvgIpc) is 2.36. The molecule has 92 valence electrons. The number of hydrogen-bond acceptors (Lipinski definition) is 2. The molecule has 1 unspecified atom stereocenters. The standard InChI is InChI=1S/C14H18FNO/c15-13-5-3-4-12(10-13)7-8-16-11-14-6-1-2-9-17-14/h2-5,9-10,14,16H,1,6-8,11H2. The van der Waals surface area contributed by atoms with Crippen LogP contribution in [-0.4, -0.2) is 19.2 Å². The van der Waals surface area contributed by atoms with Gasteiger partial charge in [-0.3, -0.25) is 0 Å². The Morgan fingerprint density at radius 2 is 2.35 bits per heavy atom. The second-order valence-electron chi connectivity index (χ2n) is 4.29. The second kappa shape index (κ2) is 6.40. The number of halogens is 1. The van der Waals surface area contributed by atoms with Crippen molar-refractivity contribution in [2.45, 2.75) is 25.4 Å². The molecule has 1 aromatic carbocycles. The van der Waals surface area contributed by atoms with Crippen LogP contribution in [0.5, 0.6) is 0 Å². The molecule has 2 nitrogen and oxygen atoms in total. The molecular weight excluding hydrogens is 217 g/mol. The second-order valence-corrected chi connectivity index (χ2v) is 4.29. The lowest BCUT2D eigenvalue weighted by molar-refractivity contribution is 0.123. The summed E-state index contributed by atoms with van der Waals surface area (Å²) in [7, 11) is 0. The van der Waals surface area contributed by atoms with Crippen LogP contribution in [0.25, 0.3) is 0 Å². The van der Waals surface area contributed by atoms with Crippen molar-refractivity contribution in [3.8, 4) is 0 Å². The monoisotopic (exact) mass is 235 g/mol. The lowest BCUT2D eigenvalue weighted by Gasteiger charge is -2.19. The Bertz CT molecular complexity index is 378. The van der Waals surface area contributed by atoms with Gasteiger partial charge in [0.25, 0.3) is 0 Å². The van der Waals surface area contributed by atoms with Crippen molar-refractivity contribution in [1.29, 1.82) is 0 Å². The van der Waals surface area contributed by atoms with Crippen LogP contribution < -0.4 is 5.32 Å². The largest absolute Gasteiger partial charge is 0.497 e. The third-order valence-electron chi connectivity index (χ3n) is 2.87. The third kappa shape index (κ3) is 4.19. The minimum atomic E-state index is -0.164. The molecule has 0 aromatic heterocycles. The molecule has 1 N–H and O–H groups in total. The van der Waals surface area contributed by atoms with Crippen molar-refractivity contribution in [2.75, 3.05) is 13.1 Å². The summed E-state index contributed by atoms with van der Waals surface area (Å²) in [5.41, 5.74) is 1.03. The number of benzene rings is 1. The van der Waals surface area contributed by atoms with E-state index in [4.69, 9.17) is 4.74 Å². The minimum Gasteiger partial charge on any atom is -0.497 e. The number of ether oxygens (including phenoxy) is 1. The fourth-order valence-corrected chi connectivity index (χ4v) is 1.92. The first kappa shape index (κ1) is 12.1. The van der Waals surface area contributed by atoms with E-state index in [0.717, 1.165) is 37.9 Å². The molecule has 0 saturated heterocycles. The molecule has 0 aliphatic carbocycles. The SMILES string of the molecule is Fc1cccc(CCNCC2CCC=CO2)c1. The molecule has 1 aliphatic rings. The van der Waals surface area contributed by atoms with E-state index in [0.29, 0.717) is 0 Å². The fraction of sp³-hybridized carbons (Fsp3) is 0.429. The Balaban J connectivity index is 1.64. The maximum atomic E-state index is 12.9. The summed E-state index contributed by atoms with van der Waals surface area (Å²) < 4.78 is 18.4. The zero-order chi connectivity index (χ0) is 11.9.